The third-order valence-electron chi connectivity index (χ3n) is 6.92. The minimum atomic E-state index is -3.09. The number of rotatable bonds is 2. The van der Waals surface area contributed by atoms with Crippen molar-refractivity contribution in [1.29, 1.82) is 5.26 Å². The Bertz CT molecular complexity index is 1390. The van der Waals surface area contributed by atoms with Gasteiger partial charge in [0.15, 0.2) is 15.6 Å². The second kappa shape index (κ2) is 6.88. The predicted octanol–water partition coefficient (Wildman–Crippen LogP) is 2.96. The molecule has 5 rings (SSSR count). The first-order chi connectivity index (χ1) is 15.1. The Kier molecular flexibility index (Phi) is 4.44. The van der Waals surface area contributed by atoms with Gasteiger partial charge < -0.3 is 5.32 Å². The van der Waals surface area contributed by atoms with Crippen LogP contribution in [0.5, 0.6) is 0 Å². The molecule has 162 valence electrons. The normalized spacial score (nSPS) is 22.0. The molecule has 1 heterocycles. The van der Waals surface area contributed by atoms with Crippen molar-refractivity contribution in [3.8, 4) is 6.07 Å². The van der Waals surface area contributed by atoms with Crippen molar-refractivity contribution in [1.82, 2.24) is 5.32 Å². The van der Waals surface area contributed by atoms with Crippen molar-refractivity contribution in [2.45, 2.75) is 38.1 Å². The predicted molar refractivity (Wildman–Crippen MR) is 120 cm³/mol. The smallest absolute Gasteiger partial charge is 0.251 e. The molecule has 1 amide bonds. The van der Waals surface area contributed by atoms with Gasteiger partial charge in [-0.05, 0) is 65.4 Å². The summed E-state index contributed by atoms with van der Waals surface area (Å²) in [5.74, 6) is -0.334. The van der Waals surface area contributed by atoms with Crippen LogP contribution in [0.3, 0.4) is 0 Å². The number of nitrogens with one attached hydrogen (secondary N) is 1. The molecule has 1 atom stereocenters. The van der Waals surface area contributed by atoms with Crippen LogP contribution in [0.25, 0.3) is 5.57 Å². The minimum Gasteiger partial charge on any atom is -0.348 e. The Morgan fingerprint density at radius 1 is 1.16 bits per heavy atom. The van der Waals surface area contributed by atoms with Gasteiger partial charge in [-0.1, -0.05) is 19.9 Å². The van der Waals surface area contributed by atoms with Crippen LogP contribution in [0.15, 0.2) is 42.0 Å². The molecule has 0 radical (unpaired) electrons. The lowest BCUT2D eigenvalue weighted by Crippen LogP contribution is -2.36. The molecule has 2 aromatic rings. The summed E-state index contributed by atoms with van der Waals surface area (Å²) in [4.78, 5) is 26.3. The van der Waals surface area contributed by atoms with Gasteiger partial charge in [0.25, 0.3) is 5.91 Å². The summed E-state index contributed by atoms with van der Waals surface area (Å²) >= 11 is 0. The fraction of sp³-hybridized carbons (Fsp3) is 0.320. The molecular formula is C25H22N2O4S. The summed E-state index contributed by atoms with van der Waals surface area (Å²) in [5.41, 5.74) is 5.44. The molecule has 3 aliphatic rings. The lowest BCUT2D eigenvalue weighted by atomic mass is 9.68. The molecule has 1 saturated heterocycles. The minimum absolute atomic E-state index is 0.0349. The first-order valence-corrected chi connectivity index (χ1v) is 12.4. The summed E-state index contributed by atoms with van der Waals surface area (Å²) in [7, 11) is -3.09. The van der Waals surface area contributed by atoms with Crippen LogP contribution in [0.2, 0.25) is 0 Å². The maximum atomic E-state index is 13.4. The van der Waals surface area contributed by atoms with Crippen LogP contribution < -0.4 is 5.32 Å². The van der Waals surface area contributed by atoms with Gasteiger partial charge in [0.1, 0.15) is 0 Å². The third-order valence-corrected chi connectivity index (χ3v) is 8.69. The van der Waals surface area contributed by atoms with Crippen LogP contribution in [0.4, 0.5) is 0 Å². The Balaban J connectivity index is 1.50. The number of nitrogens with zero attached hydrogens (tertiary/aromatic N) is 1. The monoisotopic (exact) mass is 446 g/mol. The van der Waals surface area contributed by atoms with E-state index in [-0.39, 0.29) is 29.2 Å². The van der Waals surface area contributed by atoms with E-state index in [0.29, 0.717) is 35.1 Å². The highest BCUT2D eigenvalue weighted by Crippen LogP contribution is 2.50. The SMILES string of the molecule is CC1(C)C2=C(C(=O)c3ccc(C(=O)NC4CCS(=O)(=O)C4)cc31)c1ccc(C#N)cc1C2. The summed E-state index contributed by atoms with van der Waals surface area (Å²) in [6.07, 6.45) is 1.01. The number of carbonyl (C=O) groups excluding carboxylic acids is 2. The van der Waals surface area contributed by atoms with Gasteiger partial charge in [0, 0.05) is 28.2 Å². The molecule has 1 N–H and O–H groups in total. The number of fused-ring (bicyclic) bond motifs is 3. The number of nitriles is 1. The van der Waals surface area contributed by atoms with E-state index in [9.17, 15) is 23.3 Å². The highest BCUT2D eigenvalue weighted by atomic mass is 32.2. The van der Waals surface area contributed by atoms with E-state index in [4.69, 9.17) is 0 Å². The first-order valence-electron chi connectivity index (χ1n) is 10.6. The maximum absolute atomic E-state index is 13.4. The number of benzene rings is 2. The van der Waals surface area contributed by atoms with Crippen molar-refractivity contribution in [2.24, 2.45) is 0 Å². The topological polar surface area (TPSA) is 104 Å². The fourth-order valence-corrected chi connectivity index (χ4v) is 6.84. The quantitative estimate of drug-likeness (QED) is 0.764. The number of ketones is 1. The van der Waals surface area contributed by atoms with E-state index in [1.807, 2.05) is 12.1 Å². The summed E-state index contributed by atoms with van der Waals surface area (Å²) in [6.45, 7) is 4.10. The van der Waals surface area contributed by atoms with Gasteiger partial charge in [0.05, 0.1) is 23.1 Å². The molecule has 2 aliphatic carbocycles. The van der Waals surface area contributed by atoms with Crippen molar-refractivity contribution in [3.05, 3.63) is 75.4 Å². The van der Waals surface area contributed by atoms with Gasteiger partial charge in [-0.25, -0.2) is 8.42 Å². The lowest BCUT2D eigenvalue weighted by Gasteiger charge is -2.34. The molecule has 32 heavy (non-hydrogen) atoms. The molecule has 0 bridgehead atoms. The molecular weight excluding hydrogens is 424 g/mol. The van der Waals surface area contributed by atoms with Gasteiger partial charge in [-0.2, -0.15) is 5.26 Å². The van der Waals surface area contributed by atoms with E-state index in [1.54, 1.807) is 24.3 Å². The van der Waals surface area contributed by atoms with Crippen molar-refractivity contribution in [3.63, 3.8) is 0 Å². The molecule has 0 spiro atoms. The molecule has 0 saturated carbocycles. The number of hydrogen-bond acceptors (Lipinski definition) is 5. The standard InChI is InChI=1S/C25H22N2O4S/c1-25(2)20-10-15(24(29)27-17-7-8-32(30,31)13-17)4-6-19(20)23(28)22-18-5-3-14(12-26)9-16(18)11-21(22)25/h3-6,9-10,17H,7-8,11,13H2,1-2H3,(H,27,29). The number of sulfone groups is 1. The molecule has 1 fully saturated rings. The van der Waals surface area contributed by atoms with Crippen LogP contribution >= 0.6 is 0 Å². The zero-order valence-electron chi connectivity index (χ0n) is 17.9. The van der Waals surface area contributed by atoms with E-state index in [0.717, 1.165) is 22.3 Å². The first kappa shape index (κ1) is 20.7. The highest BCUT2D eigenvalue weighted by molar-refractivity contribution is 7.91. The molecule has 1 aliphatic heterocycles. The number of allylic oxidation sites excluding steroid dienone is 2. The second-order valence-electron chi connectivity index (χ2n) is 9.30. The Morgan fingerprint density at radius 2 is 1.91 bits per heavy atom. The van der Waals surface area contributed by atoms with Crippen LogP contribution in [-0.2, 0) is 21.7 Å². The van der Waals surface area contributed by atoms with E-state index in [1.165, 1.54) is 0 Å². The molecule has 7 heteroatoms. The van der Waals surface area contributed by atoms with Crippen molar-refractivity contribution < 1.29 is 18.0 Å². The van der Waals surface area contributed by atoms with Crippen LogP contribution in [0, 0.1) is 11.3 Å². The zero-order chi connectivity index (χ0) is 22.8. The van der Waals surface area contributed by atoms with Crippen LogP contribution in [0.1, 0.15) is 63.2 Å². The van der Waals surface area contributed by atoms with Crippen molar-refractivity contribution in [2.75, 3.05) is 11.5 Å². The zero-order valence-corrected chi connectivity index (χ0v) is 18.7. The molecule has 0 aromatic heterocycles. The van der Waals surface area contributed by atoms with E-state index < -0.39 is 15.3 Å². The Labute approximate surface area is 186 Å². The second-order valence-corrected chi connectivity index (χ2v) is 11.5. The van der Waals surface area contributed by atoms with Gasteiger partial charge in [-0.15, -0.1) is 0 Å². The van der Waals surface area contributed by atoms with Gasteiger partial charge >= 0.3 is 0 Å². The van der Waals surface area contributed by atoms with Gasteiger partial charge in [0.2, 0.25) is 0 Å². The Hall–Kier alpha value is -3.24. The van der Waals surface area contributed by atoms with E-state index in [2.05, 4.69) is 25.2 Å². The summed E-state index contributed by atoms with van der Waals surface area (Å²) in [6, 6.07) is 12.3. The average Bonchev–Trinajstić information content (AvgIpc) is 3.31. The maximum Gasteiger partial charge on any atom is 0.251 e. The third kappa shape index (κ3) is 3.09. The molecule has 6 nitrogen and oxygen atoms in total. The summed E-state index contributed by atoms with van der Waals surface area (Å²) < 4.78 is 23.4. The largest absolute Gasteiger partial charge is 0.348 e. The summed E-state index contributed by atoms with van der Waals surface area (Å²) in [5, 5.41) is 12.1. The van der Waals surface area contributed by atoms with Crippen molar-refractivity contribution >= 4 is 27.1 Å². The Morgan fingerprint density at radius 3 is 2.59 bits per heavy atom. The van der Waals surface area contributed by atoms with Gasteiger partial charge in [-0.3, -0.25) is 9.59 Å². The average molecular weight is 447 g/mol. The molecule has 2 aromatic carbocycles. The number of carbonyl (C=O) groups is 2. The highest BCUT2D eigenvalue weighted by Gasteiger charge is 2.43. The van der Waals surface area contributed by atoms with Crippen LogP contribution in [-0.4, -0.2) is 37.7 Å². The number of hydrogen-bond donors (Lipinski definition) is 1. The lowest BCUT2D eigenvalue weighted by molar-refractivity contribution is 0.0939. The molecule has 1 unspecified atom stereocenters. The number of amides is 1. The van der Waals surface area contributed by atoms with E-state index >= 15 is 0 Å². The number of Topliss-reactive ketones (excluding diaryl/α,β-unsaturated/α-hetero) is 1. The fourth-order valence-electron chi connectivity index (χ4n) is 5.16.